The molecule has 3 rings (SSSR count). The molecule has 1 amide bonds. The number of nitrogens with one attached hydrogen (secondary N) is 2. The summed E-state index contributed by atoms with van der Waals surface area (Å²) in [5.41, 5.74) is 0.853. The zero-order chi connectivity index (χ0) is 17.9. The Morgan fingerprint density at radius 2 is 2.08 bits per heavy atom. The molecule has 142 valence electrons. The Bertz CT molecular complexity index is 844. The van der Waals surface area contributed by atoms with Crippen molar-refractivity contribution in [3.8, 4) is 0 Å². The number of sulfonamides is 1. The van der Waals surface area contributed by atoms with Crippen LogP contribution in [0.2, 0.25) is 5.02 Å². The summed E-state index contributed by atoms with van der Waals surface area (Å²) in [5.74, 6) is -0.272. The standard InChI is InChI=1S/C16H18ClN3O3S2.ClH/c17-13-5-2-1-4-12(13)14-10-18-7-8-20(14)15(21)11-19-25(22,23)16-6-3-9-24-16;/h1-6,9,14,18-19H,7-8,10-11H2;1H. The van der Waals surface area contributed by atoms with Crippen LogP contribution in [-0.2, 0) is 14.8 Å². The number of halogens is 2. The first-order valence-electron chi connectivity index (χ1n) is 7.77. The molecular formula is C16H19Cl2N3O3S2. The van der Waals surface area contributed by atoms with Gasteiger partial charge in [-0.15, -0.1) is 23.7 Å². The molecule has 1 aliphatic heterocycles. The van der Waals surface area contributed by atoms with E-state index in [1.807, 2.05) is 18.2 Å². The summed E-state index contributed by atoms with van der Waals surface area (Å²) in [6.07, 6.45) is 0. The summed E-state index contributed by atoms with van der Waals surface area (Å²) in [7, 11) is -3.66. The molecule has 0 spiro atoms. The Labute approximate surface area is 168 Å². The Hall–Kier alpha value is -1.16. The molecule has 2 heterocycles. The number of benzene rings is 1. The first-order valence-corrected chi connectivity index (χ1v) is 10.5. The SMILES string of the molecule is Cl.O=C(CNS(=O)(=O)c1cccs1)N1CCNCC1c1ccccc1Cl. The molecule has 1 aromatic heterocycles. The first kappa shape index (κ1) is 21.1. The van der Waals surface area contributed by atoms with Gasteiger partial charge in [0.15, 0.2) is 0 Å². The summed E-state index contributed by atoms with van der Waals surface area (Å²) in [4.78, 5) is 14.3. The van der Waals surface area contributed by atoms with E-state index in [0.29, 0.717) is 24.7 Å². The number of thiophene rings is 1. The van der Waals surface area contributed by atoms with Gasteiger partial charge in [-0.1, -0.05) is 35.9 Å². The van der Waals surface area contributed by atoms with E-state index in [4.69, 9.17) is 11.6 Å². The number of nitrogens with zero attached hydrogens (tertiary/aromatic N) is 1. The average Bonchev–Trinajstić information content (AvgIpc) is 3.16. The third-order valence-corrected chi connectivity index (χ3v) is 7.14. The molecule has 0 saturated carbocycles. The molecule has 1 saturated heterocycles. The zero-order valence-electron chi connectivity index (χ0n) is 13.7. The van der Waals surface area contributed by atoms with Crippen LogP contribution in [0.5, 0.6) is 0 Å². The number of carbonyl (C=O) groups is 1. The van der Waals surface area contributed by atoms with Crippen LogP contribution in [-0.4, -0.2) is 45.4 Å². The molecule has 10 heteroatoms. The fourth-order valence-corrected chi connectivity index (χ4v) is 5.05. The lowest BCUT2D eigenvalue weighted by Crippen LogP contribution is -2.51. The molecule has 0 aliphatic carbocycles. The van der Waals surface area contributed by atoms with Gasteiger partial charge in [0.2, 0.25) is 5.91 Å². The second kappa shape index (κ2) is 9.16. The maximum atomic E-state index is 12.6. The van der Waals surface area contributed by atoms with Gasteiger partial charge in [-0.25, -0.2) is 13.1 Å². The summed E-state index contributed by atoms with van der Waals surface area (Å²) >= 11 is 7.38. The van der Waals surface area contributed by atoms with Gasteiger partial charge in [0.05, 0.1) is 12.6 Å². The lowest BCUT2D eigenvalue weighted by Gasteiger charge is -2.37. The van der Waals surface area contributed by atoms with E-state index in [1.54, 1.807) is 22.4 Å². The maximum absolute atomic E-state index is 12.6. The fraction of sp³-hybridized carbons (Fsp3) is 0.312. The van der Waals surface area contributed by atoms with Gasteiger partial charge in [-0.2, -0.15) is 0 Å². The predicted molar refractivity (Wildman–Crippen MR) is 106 cm³/mol. The van der Waals surface area contributed by atoms with Gasteiger partial charge >= 0.3 is 0 Å². The second-order valence-corrected chi connectivity index (χ2v) is 8.93. The highest BCUT2D eigenvalue weighted by molar-refractivity contribution is 7.91. The largest absolute Gasteiger partial charge is 0.332 e. The van der Waals surface area contributed by atoms with Gasteiger partial charge < -0.3 is 10.2 Å². The highest BCUT2D eigenvalue weighted by Gasteiger charge is 2.29. The Morgan fingerprint density at radius 3 is 2.77 bits per heavy atom. The van der Waals surface area contributed by atoms with Crippen molar-refractivity contribution in [2.75, 3.05) is 26.2 Å². The van der Waals surface area contributed by atoms with Gasteiger partial charge in [-0.3, -0.25) is 4.79 Å². The molecule has 0 radical (unpaired) electrons. The van der Waals surface area contributed by atoms with Crippen LogP contribution in [0.15, 0.2) is 46.0 Å². The molecule has 2 N–H and O–H groups in total. The summed E-state index contributed by atoms with van der Waals surface area (Å²) < 4.78 is 26.9. The van der Waals surface area contributed by atoms with Crippen molar-refractivity contribution in [3.05, 3.63) is 52.4 Å². The highest BCUT2D eigenvalue weighted by atomic mass is 35.5. The van der Waals surface area contributed by atoms with Crippen molar-refractivity contribution < 1.29 is 13.2 Å². The molecule has 1 unspecified atom stereocenters. The number of amides is 1. The molecule has 2 aromatic rings. The minimum Gasteiger partial charge on any atom is -0.332 e. The monoisotopic (exact) mass is 435 g/mol. The molecule has 1 fully saturated rings. The van der Waals surface area contributed by atoms with Gasteiger partial charge in [-0.05, 0) is 23.1 Å². The summed E-state index contributed by atoms with van der Waals surface area (Å²) in [5, 5.41) is 5.52. The van der Waals surface area contributed by atoms with Gasteiger partial charge in [0, 0.05) is 24.7 Å². The van der Waals surface area contributed by atoms with Gasteiger partial charge in [0.25, 0.3) is 10.0 Å². The first-order chi connectivity index (χ1) is 12.0. The number of carbonyl (C=O) groups excluding carboxylic acids is 1. The molecule has 26 heavy (non-hydrogen) atoms. The highest BCUT2D eigenvalue weighted by Crippen LogP contribution is 2.28. The maximum Gasteiger partial charge on any atom is 0.250 e. The molecule has 1 atom stereocenters. The summed E-state index contributed by atoms with van der Waals surface area (Å²) in [6, 6.07) is 10.3. The van der Waals surface area contributed by atoms with E-state index in [9.17, 15) is 13.2 Å². The third kappa shape index (κ3) is 4.76. The topological polar surface area (TPSA) is 78.5 Å². The van der Waals surface area contributed by atoms with E-state index in [1.165, 1.54) is 6.07 Å². The van der Waals surface area contributed by atoms with Crippen LogP contribution in [0.1, 0.15) is 11.6 Å². The lowest BCUT2D eigenvalue weighted by atomic mass is 10.0. The molecule has 0 bridgehead atoms. The van der Waals surface area contributed by atoms with Crippen molar-refractivity contribution in [2.24, 2.45) is 0 Å². The molecule has 1 aromatic carbocycles. The quantitative estimate of drug-likeness (QED) is 0.754. The van der Waals surface area contributed by atoms with Crippen molar-refractivity contribution in [2.45, 2.75) is 10.3 Å². The van der Waals surface area contributed by atoms with Crippen LogP contribution >= 0.6 is 35.3 Å². The average molecular weight is 436 g/mol. The van der Waals surface area contributed by atoms with Crippen molar-refractivity contribution in [1.82, 2.24) is 14.9 Å². The Kier molecular flexibility index (Phi) is 7.45. The minimum atomic E-state index is -3.66. The normalized spacial score (nSPS) is 17.6. The fourth-order valence-electron chi connectivity index (χ4n) is 2.77. The van der Waals surface area contributed by atoms with Crippen molar-refractivity contribution in [1.29, 1.82) is 0 Å². The smallest absolute Gasteiger partial charge is 0.250 e. The Balaban J connectivity index is 0.00000243. The van der Waals surface area contributed by atoms with Crippen LogP contribution in [0.4, 0.5) is 0 Å². The van der Waals surface area contributed by atoms with Crippen LogP contribution in [0.25, 0.3) is 0 Å². The number of hydrogen-bond donors (Lipinski definition) is 2. The third-order valence-electron chi connectivity index (χ3n) is 4.00. The number of hydrogen-bond acceptors (Lipinski definition) is 5. The second-order valence-electron chi connectivity index (χ2n) is 5.59. The zero-order valence-corrected chi connectivity index (χ0v) is 16.9. The van der Waals surface area contributed by atoms with E-state index >= 15 is 0 Å². The van der Waals surface area contributed by atoms with E-state index in [2.05, 4.69) is 10.0 Å². The van der Waals surface area contributed by atoms with Crippen LogP contribution in [0, 0.1) is 0 Å². The lowest BCUT2D eigenvalue weighted by molar-refractivity contribution is -0.133. The van der Waals surface area contributed by atoms with Gasteiger partial charge in [0.1, 0.15) is 4.21 Å². The van der Waals surface area contributed by atoms with E-state index in [0.717, 1.165) is 16.9 Å². The molecule has 1 aliphatic rings. The number of piperazine rings is 1. The molecular weight excluding hydrogens is 417 g/mol. The van der Waals surface area contributed by atoms with E-state index in [-0.39, 0.29) is 35.1 Å². The summed E-state index contributed by atoms with van der Waals surface area (Å²) in [6.45, 7) is 1.45. The van der Waals surface area contributed by atoms with Crippen LogP contribution < -0.4 is 10.0 Å². The van der Waals surface area contributed by atoms with Crippen molar-refractivity contribution >= 4 is 51.3 Å². The van der Waals surface area contributed by atoms with E-state index < -0.39 is 10.0 Å². The molecule has 6 nitrogen and oxygen atoms in total. The van der Waals surface area contributed by atoms with Crippen LogP contribution in [0.3, 0.4) is 0 Å². The Morgan fingerprint density at radius 1 is 1.31 bits per heavy atom. The minimum absolute atomic E-state index is 0. The van der Waals surface area contributed by atoms with Crippen molar-refractivity contribution in [3.63, 3.8) is 0 Å². The number of rotatable bonds is 5. The predicted octanol–water partition coefficient (Wildman–Crippen LogP) is 2.27.